The van der Waals surface area contributed by atoms with E-state index in [-0.39, 0.29) is 6.61 Å². The topological polar surface area (TPSA) is 35.5 Å². The Bertz CT molecular complexity index is 475. The van der Waals surface area contributed by atoms with E-state index in [9.17, 15) is 9.18 Å². The maximum atomic E-state index is 13.4. The van der Waals surface area contributed by atoms with Crippen molar-refractivity contribution in [2.24, 2.45) is 0 Å². The van der Waals surface area contributed by atoms with Crippen molar-refractivity contribution in [3.8, 4) is 5.75 Å². The van der Waals surface area contributed by atoms with Crippen LogP contribution in [-0.2, 0) is 9.53 Å². The first kappa shape index (κ1) is 14.7. The van der Waals surface area contributed by atoms with Gasteiger partial charge >= 0.3 is 5.97 Å². The van der Waals surface area contributed by atoms with Crippen molar-refractivity contribution < 1.29 is 18.7 Å². The lowest BCUT2D eigenvalue weighted by Gasteiger charge is -2.03. The van der Waals surface area contributed by atoms with Crippen molar-refractivity contribution in [1.82, 2.24) is 0 Å². The maximum absolute atomic E-state index is 13.4. The molecule has 0 N–H and O–H groups in total. The highest BCUT2D eigenvalue weighted by Crippen LogP contribution is 2.15. The van der Waals surface area contributed by atoms with E-state index < -0.39 is 11.8 Å². The van der Waals surface area contributed by atoms with E-state index in [1.165, 1.54) is 6.08 Å². The predicted molar refractivity (Wildman–Crippen MR) is 72.4 cm³/mol. The number of esters is 1. The number of hydrogen-bond donors (Lipinski definition) is 0. The summed E-state index contributed by atoms with van der Waals surface area (Å²) in [6, 6.07) is 6.63. The molecule has 0 saturated heterocycles. The standard InChI is InChI=1S/C15H15FO3/c1-3-9-18-13-7-5-12(6-8-13)11-14(16)15(17)19-10-4-2/h3-8,11H,1-2,9-10H2/b14-11+. The summed E-state index contributed by atoms with van der Waals surface area (Å²) in [5, 5.41) is 0. The van der Waals surface area contributed by atoms with Crippen molar-refractivity contribution in [2.45, 2.75) is 0 Å². The highest BCUT2D eigenvalue weighted by molar-refractivity contribution is 5.91. The second-order valence-electron chi connectivity index (χ2n) is 3.55. The predicted octanol–water partition coefficient (Wildman–Crippen LogP) is 3.29. The minimum atomic E-state index is -1.01. The van der Waals surface area contributed by atoms with E-state index in [0.29, 0.717) is 17.9 Å². The van der Waals surface area contributed by atoms with Crippen LogP contribution in [0.25, 0.3) is 6.08 Å². The van der Waals surface area contributed by atoms with E-state index in [1.807, 2.05) is 0 Å². The van der Waals surface area contributed by atoms with Crippen molar-refractivity contribution in [3.05, 3.63) is 61.0 Å². The molecule has 0 fully saturated rings. The van der Waals surface area contributed by atoms with Crippen LogP contribution in [0.4, 0.5) is 4.39 Å². The molecule has 1 rings (SSSR count). The van der Waals surface area contributed by atoms with Gasteiger partial charge in [-0.25, -0.2) is 4.79 Å². The van der Waals surface area contributed by atoms with Crippen LogP contribution in [0.15, 0.2) is 55.4 Å². The Morgan fingerprint density at radius 3 is 2.37 bits per heavy atom. The van der Waals surface area contributed by atoms with E-state index >= 15 is 0 Å². The number of hydrogen-bond acceptors (Lipinski definition) is 3. The van der Waals surface area contributed by atoms with Crippen LogP contribution in [0.3, 0.4) is 0 Å². The van der Waals surface area contributed by atoms with Crippen molar-refractivity contribution in [3.63, 3.8) is 0 Å². The summed E-state index contributed by atoms with van der Waals surface area (Å²) in [5.41, 5.74) is 0.541. The summed E-state index contributed by atoms with van der Waals surface area (Å²) in [6.07, 6.45) is 4.10. The van der Waals surface area contributed by atoms with Gasteiger partial charge in [0, 0.05) is 0 Å². The molecule has 0 aliphatic rings. The number of rotatable bonds is 7. The average molecular weight is 262 g/mol. The van der Waals surface area contributed by atoms with Crippen LogP contribution in [-0.4, -0.2) is 19.2 Å². The zero-order valence-electron chi connectivity index (χ0n) is 10.5. The fraction of sp³-hybridized carbons (Fsp3) is 0.133. The van der Waals surface area contributed by atoms with Crippen molar-refractivity contribution >= 4 is 12.0 Å². The molecule has 3 nitrogen and oxygen atoms in total. The van der Waals surface area contributed by atoms with Gasteiger partial charge in [0.2, 0.25) is 5.83 Å². The Morgan fingerprint density at radius 2 is 1.79 bits per heavy atom. The number of halogens is 1. The number of ether oxygens (including phenoxy) is 2. The summed E-state index contributed by atoms with van der Waals surface area (Å²) in [5.74, 6) is -1.32. The molecule has 0 aromatic heterocycles. The summed E-state index contributed by atoms with van der Waals surface area (Å²) in [4.78, 5) is 11.2. The molecule has 0 saturated carbocycles. The molecule has 4 heteroatoms. The van der Waals surface area contributed by atoms with E-state index in [0.717, 1.165) is 6.08 Å². The molecule has 0 radical (unpaired) electrons. The lowest BCUT2D eigenvalue weighted by molar-refractivity contribution is -0.139. The molecule has 100 valence electrons. The molecule has 0 atom stereocenters. The Kier molecular flexibility index (Phi) is 6.09. The largest absolute Gasteiger partial charge is 0.490 e. The molecular weight excluding hydrogens is 247 g/mol. The summed E-state index contributed by atoms with van der Waals surface area (Å²) < 4.78 is 23.3. The van der Waals surface area contributed by atoms with Crippen LogP contribution in [0.5, 0.6) is 5.75 Å². The van der Waals surface area contributed by atoms with Gasteiger partial charge in [0.1, 0.15) is 19.0 Å². The monoisotopic (exact) mass is 262 g/mol. The van der Waals surface area contributed by atoms with Gasteiger partial charge in [0.05, 0.1) is 0 Å². The third-order valence-electron chi connectivity index (χ3n) is 2.07. The quantitative estimate of drug-likeness (QED) is 0.429. The van der Waals surface area contributed by atoms with Crippen LogP contribution in [0.1, 0.15) is 5.56 Å². The molecular formula is C15H15FO3. The third kappa shape index (κ3) is 5.21. The van der Waals surface area contributed by atoms with E-state index in [4.69, 9.17) is 4.74 Å². The second kappa shape index (κ2) is 7.87. The molecule has 0 amide bonds. The average Bonchev–Trinajstić information content (AvgIpc) is 2.43. The van der Waals surface area contributed by atoms with Gasteiger partial charge in [0.15, 0.2) is 0 Å². The zero-order chi connectivity index (χ0) is 14.1. The highest BCUT2D eigenvalue weighted by atomic mass is 19.1. The van der Waals surface area contributed by atoms with E-state index in [1.54, 1.807) is 30.3 Å². The van der Waals surface area contributed by atoms with Crippen LogP contribution in [0.2, 0.25) is 0 Å². The van der Waals surface area contributed by atoms with E-state index in [2.05, 4.69) is 17.9 Å². The highest BCUT2D eigenvalue weighted by Gasteiger charge is 2.09. The van der Waals surface area contributed by atoms with Crippen molar-refractivity contribution in [2.75, 3.05) is 13.2 Å². The molecule has 0 unspecified atom stereocenters. The zero-order valence-corrected chi connectivity index (χ0v) is 10.5. The maximum Gasteiger partial charge on any atom is 0.367 e. The fourth-order valence-corrected chi connectivity index (χ4v) is 1.22. The normalized spacial score (nSPS) is 10.7. The molecule has 0 bridgehead atoms. The molecule has 1 aromatic carbocycles. The smallest absolute Gasteiger partial charge is 0.367 e. The first-order valence-electron chi connectivity index (χ1n) is 5.66. The molecule has 0 aliphatic heterocycles. The number of carbonyl (C=O) groups excluding carboxylic acids is 1. The molecule has 0 spiro atoms. The lowest BCUT2D eigenvalue weighted by Crippen LogP contribution is -2.04. The molecule has 19 heavy (non-hydrogen) atoms. The molecule has 0 heterocycles. The first-order chi connectivity index (χ1) is 9.17. The van der Waals surface area contributed by atoms with Crippen molar-refractivity contribution in [1.29, 1.82) is 0 Å². The lowest BCUT2D eigenvalue weighted by atomic mass is 10.2. The van der Waals surface area contributed by atoms with Gasteiger partial charge in [-0.3, -0.25) is 0 Å². The van der Waals surface area contributed by atoms with Crippen LogP contribution < -0.4 is 4.74 Å². The van der Waals surface area contributed by atoms with Gasteiger partial charge in [-0.15, -0.1) is 0 Å². The SMILES string of the molecule is C=CCOC(=O)/C(F)=C\c1ccc(OCC=C)cc1. The third-order valence-corrected chi connectivity index (χ3v) is 2.07. The molecule has 1 aromatic rings. The van der Waals surface area contributed by atoms with Gasteiger partial charge in [-0.05, 0) is 23.8 Å². The molecule has 0 aliphatic carbocycles. The van der Waals surface area contributed by atoms with Crippen LogP contribution >= 0.6 is 0 Å². The Balaban J connectivity index is 2.67. The first-order valence-corrected chi connectivity index (χ1v) is 5.66. The number of benzene rings is 1. The minimum Gasteiger partial charge on any atom is -0.490 e. The Morgan fingerprint density at radius 1 is 1.16 bits per heavy atom. The van der Waals surface area contributed by atoms with Gasteiger partial charge in [-0.2, -0.15) is 4.39 Å². The van der Waals surface area contributed by atoms with Crippen LogP contribution in [0, 0.1) is 0 Å². The summed E-state index contributed by atoms with van der Waals surface area (Å²) >= 11 is 0. The summed E-state index contributed by atoms with van der Waals surface area (Å²) in [6.45, 7) is 7.28. The number of carbonyl (C=O) groups is 1. The Labute approximate surface area is 111 Å². The fourth-order valence-electron chi connectivity index (χ4n) is 1.22. The van der Waals surface area contributed by atoms with Gasteiger partial charge in [0.25, 0.3) is 0 Å². The summed E-state index contributed by atoms with van der Waals surface area (Å²) in [7, 11) is 0. The second-order valence-corrected chi connectivity index (χ2v) is 3.55. The van der Waals surface area contributed by atoms with Gasteiger partial charge in [-0.1, -0.05) is 37.4 Å². The minimum absolute atomic E-state index is 0.0194. The van der Waals surface area contributed by atoms with Gasteiger partial charge < -0.3 is 9.47 Å². The Hall–Kier alpha value is -2.36.